The molecular formula is C10H9BrF3N. The highest BCUT2D eigenvalue weighted by Crippen LogP contribution is 2.46. The van der Waals surface area contributed by atoms with Crippen LogP contribution in [-0.2, 0) is 12.0 Å². The second kappa shape index (κ2) is 3.22. The van der Waals surface area contributed by atoms with Gasteiger partial charge in [0.15, 0.2) is 0 Å². The molecule has 1 unspecified atom stereocenters. The van der Waals surface area contributed by atoms with Crippen LogP contribution >= 0.6 is 15.9 Å². The van der Waals surface area contributed by atoms with Crippen LogP contribution in [0, 0.1) is 0 Å². The maximum Gasteiger partial charge on any atom is 0.410 e. The molecule has 2 rings (SSSR count). The number of alkyl halides is 3. The van der Waals surface area contributed by atoms with E-state index in [4.69, 9.17) is 5.73 Å². The fourth-order valence-electron chi connectivity index (χ4n) is 1.97. The summed E-state index contributed by atoms with van der Waals surface area (Å²) in [5.41, 5.74) is 4.18. The van der Waals surface area contributed by atoms with Crippen molar-refractivity contribution in [2.75, 3.05) is 0 Å². The Bertz CT molecular complexity index is 402. The number of benzene rings is 1. The van der Waals surface area contributed by atoms with E-state index in [1.807, 2.05) is 0 Å². The monoisotopic (exact) mass is 279 g/mol. The Labute approximate surface area is 93.6 Å². The highest BCUT2D eigenvalue weighted by molar-refractivity contribution is 9.10. The third-order valence-electron chi connectivity index (χ3n) is 2.84. The lowest BCUT2D eigenvalue weighted by molar-refractivity contribution is -0.188. The number of nitrogens with two attached hydrogens (primary N) is 1. The van der Waals surface area contributed by atoms with Crippen molar-refractivity contribution in [2.24, 2.45) is 5.73 Å². The van der Waals surface area contributed by atoms with Gasteiger partial charge in [0.25, 0.3) is 0 Å². The van der Waals surface area contributed by atoms with Crippen molar-refractivity contribution in [3.63, 3.8) is 0 Å². The molecule has 0 amide bonds. The number of aryl methyl sites for hydroxylation is 1. The topological polar surface area (TPSA) is 26.0 Å². The van der Waals surface area contributed by atoms with Gasteiger partial charge in [0.1, 0.15) is 5.54 Å². The summed E-state index contributed by atoms with van der Waals surface area (Å²) < 4.78 is 39.1. The molecule has 0 bridgehead atoms. The minimum atomic E-state index is -4.38. The minimum Gasteiger partial charge on any atom is -0.314 e. The van der Waals surface area contributed by atoms with Gasteiger partial charge in [-0.05, 0) is 36.1 Å². The van der Waals surface area contributed by atoms with Crippen LogP contribution in [0.4, 0.5) is 13.2 Å². The first-order valence-electron chi connectivity index (χ1n) is 4.49. The molecule has 2 N–H and O–H groups in total. The number of fused-ring (bicyclic) bond motifs is 1. The molecule has 1 aromatic rings. The van der Waals surface area contributed by atoms with Gasteiger partial charge in [-0.15, -0.1) is 0 Å². The summed E-state index contributed by atoms with van der Waals surface area (Å²) in [6.45, 7) is 0. The Balaban J connectivity index is 2.53. The van der Waals surface area contributed by atoms with Crippen molar-refractivity contribution in [1.29, 1.82) is 0 Å². The van der Waals surface area contributed by atoms with Gasteiger partial charge in [-0.3, -0.25) is 0 Å². The summed E-state index contributed by atoms with van der Waals surface area (Å²) in [6, 6.07) is 4.76. The van der Waals surface area contributed by atoms with E-state index in [2.05, 4.69) is 15.9 Å². The van der Waals surface area contributed by atoms with Crippen molar-refractivity contribution in [2.45, 2.75) is 24.6 Å². The van der Waals surface area contributed by atoms with Gasteiger partial charge in [0.2, 0.25) is 0 Å². The fourth-order valence-corrected chi connectivity index (χ4v) is 2.37. The van der Waals surface area contributed by atoms with Gasteiger partial charge < -0.3 is 5.73 Å². The first-order valence-corrected chi connectivity index (χ1v) is 5.28. The van der Waals surface area contributed by atoms with E-state index in [-0.39, 0.29) is 12.0 Å². The molecule has 15 heavy (non-hydrogen) atoms. The van der Waals surface area contributed by atoms with Crippen LogP contribution in [0.2, 0.25) is 0 Å². The lowest BCUT2D eigenvalue weighted by Gasteiger charge is -2.28. The SMILES string of the molecule is NC1(C(F)(F)F)CCc2cc(Br)ccc21. The zero-order chi connectivity index (χ0) is 11.3. The molecule has 1 atom stereocenters. The minimum absolute atomic E-state index is 0.0672. The average molecular weight is 280 g/mol. The number of halogens is 4. The van der Waals surface area contributed by atoms with Gasteiger partial charge in [-0.1, -0.05) is 22.0 Å². The molecule has 0 fully saturated rings. The summed E-state index contributed by atoms with van der Waals surface area (Å²) in [5, 5.41) is 0. The first-order chi connectivity index (χ1) is 6.84. The predicted molar refractivity (Wildman–Crippen MR) is 54.4 cm³/mol. The molecule has 0 spiro atoms. The molecule has 5 heteroatoms. The van der Waals surface area contributed by atoms with E-state index in [1.165, 1.54) is 6.07 Å². The number of hydrogen-bond donors (Lipinski definition) is 1. The Hall–Kier alpha value is -0.550. The standard InChI is InChI=1S/C10H9BrF3N/c11-7-1-2-8-6(5-7)3-4-9(8,15)10(12,13)14/h1-2,5H,3-4,15H2. The highest BCUT2D eigenvalue weighted by Gasteiger charge is 2.55. The summed E-state index contributed by atoms with van der Waals surface area (Å²) in [6.07, 6.45) is -4.07. The summed E-state index contributed by atoms with van der Waals surface area (Å²) in [4.78, 5) is 0. The largest absolute Gasteiger partial charge is 0.410 e. The normalized spacial score (nSPS) is 25.4. The van der Waals surface area contributed by atoms with Crippen molar-refractivity contribution in [3.8, 4) is 0 Å². The van der Waals surface area contributed by atoms with E-state index in [9.17, 15) is 13.2 Å². The van der Waals surface area contributed by atoms with Crippen LogP contribution in [0.3, 0.4) is 0 Å². The maximum atomic E-state index is 12.8. The summed E-state index contributed by atoms with van der Waals surface area (Å²) >= 11 is 3.23. The third-order valence-corrected chi connectivity index (χ3v) is 3.34. The van der Waals surface area contributed by atoms with Crippen molar-refractivity contribution in [1.82, 2.24) is 0 Å². The first kappa shape index (κ1) is 11.0. The van der Waals surface area contributed by atoms with Gasteiger partial charge in [0.05, 0.1) is 0 Å². The van der Waals surface area contributed by atoms with E-state index in [1.54, 1.807) is 12.1 Å². The molecule has 0 radical (unpaired) electrons. The maximum absolute atomic E-state index is 12.8. The Morgan fingerprint density at radius 2 is 2.00 bits per heavy atom. The van der Waals surface area contributed by atoms with E-state index in [0.717, 1.165) is 4.47 Å². The zero-order valence-corrected chi connectivity index (χ0v) is 9.32. The zero-order valence-electron chi connectivity index (χ0n) is 7.74. The van der Waals surface area contributed by atoms with Crippen molar-refractivity contribution in [3.05, 3.63) is 33.8 Å². The quantitative estimate of drug-likeness (QED) is 0.776. The van der Waals surface area contributed by atoms with Crippen LogP contribution in [0.15, 0.2) is 22.7 Å². The Kier molecular flexibility index (Phi) is 2.35. The van der Waals surface area contributed by atoms with Crippen LogP contribution in [-0.4, -0.2) is 6.18 Å². The molecule has 1 nitrogen and oxygen atoms in total. The lowest BCUT2D eigenvalue weighted by Crippen LogP contribution is -2.48. The van der Waals surface area contributed by atoms with Crippen LogP contribution < -0.4 is 5.73 Å². The lowest BCUT2D eigenvalue weighted by atomic mass is 9.92. The molecule has 0 heterocycles. The van der Waals surface area contributed by atoms with Crippen molar-refractivity contribution < 1.29 is 13.2 Å². The number of rotatable bonds is 0. The summed E-state index contributed by atoms with van der Waals surface area (Å²) in [5.74, 6) is 0. The highest BCUT2D eigenvalue weighted by atomic mass is 79.9. The smallest absolute Gasteiger partial charge is 0.314 e. The average Bonchev–Trinajstić information content (AvgIpc) is 2.43. The van der Waals surface area contributed by atoms with Crippen LogP contribution in [0.25, 0.3) is 0 Å². The number of hydrogen-bond acceptors (Lipinski definition) is 1. The second-order valence-corrected chi connectivity index (χ2v) is 4.69. The van der Waals surface area contributed by atoms with E-state index in [0.29, 0.717) is 12.0 Å². The van der Waals surface area contributed by atoms with E-state index >= 15 is 0 Å². The molecule has 1 aliphatic carbocycles. The summed E-state index contributed by atoms with van der Waals surface area (Å²) in [7, 11) is 0. The predicted octanol–water partition coefficient (Wildman–Crippen LogP) is 3.11. The molecular weight excluding hydrogens is 271 g/mol. The molecule has 0 aromatic heterocycles. The van der Waals surface area contributed by atoms with Crippen LogP contribution in [0.5, 0.6) is 0 Å². The van der Waals surface area contributed by atoms with Gasteiger partial charge >= 0.3 is 6.18 Å². The molecule has 0 saturated heterocycles. The molecule has 0 saturated carbocycles. The van der Waals surface area contributed by atoms with Gasteiger partial charge in [-0.2, -0.15) is 13.2 Å². The Morgan fingerprint density at radius 1 is 1.33 bits per heavy atom. The van der Waals surface area contributed by atoms with Gasteiger partial charge in [0, 0.05) is 4.47 Å². The molecule has 1 aromatic carbocycles. The Morgan fingerprint density at radius 3 is 2.60 bits per heavy atom. The third kappa shape index (κ3) is 1.58. The molecule has 0 aliphatic heterocycles. The second-order valence-electron chi connectivity index (χ2n) is 3.77. The van der Waals surface area contributed by atoms with E-state index < -0.39 is 11.7 Å². The van der Waals surface area contributed by atoms with Gasteiger partial charge in [-0.25, -0.2) is 0 Å². The fraction of sp³-hybridized carbons (Fsp3) is 0.400. The van der Waals surface area contributed by atoms with Crippen LogP contribution in [0.1, 0.15) is 17.5 Å². The molecule has 1 aliphatic rings. The molecule has 82 valence electrons. The van der Waals surface area contributed by atoms with Crippen molar-refractivity contribution >= 4 is 15.9 Å².